The minimum Gasteiger partial charge on any atom is -0.369 e. The fourth-order valence-corrected chi connectivity index (χ4v) is 3.21. The van der Waals surface area contributed by atoms with E-state index in [1.807, 2.05) is 56.4 Å². The number of halogens is 1. The first-order valence-corrected chi connectivity index (χ1v) is 9.42. The number of nitrogen functional groups attached to an aromatic ring is 1. The Labute approximate surface area is 164 Å². The maximum atomic E-state index is 12.6. The van der Waals surface area contributed by atoms with Crippen molar-refractivity contribution in [2.75, 3.05) is 5.73 Å². The van der Waals surface area contributed by atoms with Crippen LogP contribution in [0.15, 0.2) is 58.1 Å². The van der Waals surface area contributed by atoms with Crippen LogP contribution in [0.2, 0.25) is 0 Å². The molecule has 0 aliphatic heterocycles. The molecule has 140 valence electrons. The molecule has 3 heterocycles. The average Bonchev–Trinajstić information content (AvgIpc) is 3.33. The number of fused-ring (bicyclic) bond motifs is 1. The van der Waals surface area contributed by atoms with E-state index in [0.717, 1.165) is 5.56 Å². The van der Waals surface area contributed by atoms with Gasteiger partial charge >= 0.3 is 5.69 Å². The maximum Gasteiger partial charge on any atom is 0.353 e. The number of hydrogen-bond donors (Lipinski definition) is 1. The van der Waals surface area contributed by atoms with Crippen molar-refractivity contribution < 1.29 is 0 Å². The molecular formula is C18H20BrN7O. The molecule has 4 rings (SSSR count). The summed E-state index contributed by atoms with van der Waals surface area (Å²) in [7, 11) is 0. The number of nitrogens with two attached hydrogens (primary N) is 1. The molecule has 2 N–H and O–H groups in total. The number of aromatic nitrogens is 6. The zero-order chi connectivity index (χ0) is 19.4. The summed E-state index contributed by atoms with van der Waals surface area (Å²) < 4.78 is 5.04. The summed E-state index contributed by atoms with van der Waals surface area (Å²) in [6.07, 6.45) is 3.53. The van der Waals surface area contributed by atoms with Crippen molar-refractivity contribution in [3.63, 3.8) is 0 Å². The summed E-state index contributed by atoms with van der Waals surface area (Å²) in [5.74, 6) is 0.104. The van der Waals surface area contributed by atoms with Crippen LogP contribution in [0.3, 0.4) is 0 Å². The number of rotatable bonds is 4. The van der Waals surface area contributed by atoms with Gasteiger partial charge in [-0.05, 0) is 22.0 Å². The van der Waals surface area contributed by atoms with E-state index in [1.54, 1.807) is 10.9 Å². The topological polar surface area (TPSA) is 96.0 Å². The lowest BCUT2D eigenvalue weighted by Crippen LogP contribution is -2.25. The molecule has 3 aromatic heterocycles. The van der Waals surface area contributed by atoms with Gasteiger partial charge in [-0.25, -0.2) is 18.9 Å². The Hall–Kier alpha value is -2.94. The average molecular weight is 430 g/mol. The fraction of sp³-hybridized carbons (Fsp3) is 0.222. The lowest BCUT2D eigenvalue weighted by atomic mass is 10.1. The molecule has 9 heteroatoms. The van der Waals surface area contributed by atoms with Gasteiger partial charge in [0.25, 0.3) is 0 Å². The lowest BCUT2D eigenvalue weighted by molar-refractivity contribution is 0.489. The van der Waals surface area contributed by atoms with Gasteiger partial charge in [-0.1, -0.05) is 44.2 Å². The van der Waals surface area contributed by atoms with Gasteiger partial charge in [0.1, 0.15) is 0 Å². The molecule has 0 bridgehead atoms. The number of hydrogen-bond acceptors (Lipinski definition) is 5. The predicted molar refractivity (Wildman–Crippen MR) is 108 cm³/mol. The van der Waals surface area contributed by atoms with Crippen LogP contribution in [0, 0.1) is 0 Å². The Morgan fingerprint density at radius 1 is 1.11 bits per heavy atom. The minimum atomic E-state index is -0.326. The highest BCUT2D eigenvalue weighted by atomic mass is 79.9. The van der Waals surface area contributed by atoms with Crippen molar-refractivity contribution in [2.24, 2.45) is 0 Å². The Balaban J connectivity index is 0.00000102. The highest BCUT2D eigenvalue weighted by Crippen LogP contribution is 2.29. The standard InChI is InChI=1S/C16H14BrN7O.C2H6/c17-12-13(11-5-2-1-3-6-11)20-15(18)24-14(12)21-23(16(24)25)10-9-22-8-4-7-19-22;1-2/h1-8H,9-10H2,(H2,18,20);1-2H3. The lowest BCUT2D eigenvalue weighted by Gasteiger charge is -2.06. The molecule has 0 saturated carbocycles. The van der Waals surface area contributed by atoms with Gasteiger partial charge in [0.2, 0.25) is 5.95 Å². The predicted octanol–water partition coefficient (Wildman–Crippen LogP) is 2.83. The van der Waals surface area contributed by atoms with Crippen LogP contribution < -0.4 is 11.4 Å². The molecule has 27 heavy (non-hydrogen) atoms. The van der Waals surface area contributed by atoms with E-state index < -0.39 is 0 Å². The van der Waals surface area contributed by atoms with E-state index >= 15 is 0 Å². The third kappa shape index (κ3) is 3.63. The van der Waals surface area contributed by atoms with Gasteiger partial charge < -0.3 is 5.73 Å². The molecule has 0 aliphatic carbocycles. The number of aryl methyl sites for hydroxylation is 2. The number of nitrogens with zero attached hydrogens (tertiary/aromatic N) is 6. The van der Waals surface area contributed by atoms with E-state index in [9.17, 15) is 4.79 Å². The monoisotopic (exact) mass is 429 g/mol. The van der Waals surface area contributed by atoms with Crippen LogP contribution in [0.4, 0.5) is 5.95 Å². The Morgan fingerprint density at radius 3 is 2.52 bits per heavy atom. The smallest absolute Gasteiger partial charge is 0.353 e. The van der Waals surface area contributed by atoms with Crippen LogP contribution in [0.25, 0.3) is 16.9 Å². The molecule has 0 saturated heterocycles. The van der Waals surface area contributed by atoms with Crippen molar-refractivity contribution in [1.82, 2.24) is 28.9 Å². The molecule has 0 aliphatic rings. The van der Waals surface area contributed by atoms with Crippen LogP contribution in [0.5, 0.6) is 0 Å². The molecule has 0 atom stereocenters. The molecule has 0 unspecified atom stereocenters. The second kappa shape index (κ2) is 8.17. The summed E-state index contributed by atoms with van der Waals surface area (Å²) >= 11 is 3.52. The summed E-state index contributed by atoms with van der Waals surface area (Å²) in [6.45, 7) is 4.92. The first-order valence-electron chi connectivity index (χ1n) is 8.62. The SMILES string of the molecule is CC.Nc1nc(-c2ccccc2)c(Br)c2nn(CCn3cccn3)c(=O)n12. The molecule has 4 aromatic rings. The second-order valence-corrected chi connectivity index (χ2v) is 6.23. The fourth-order valence-electron chi connectivity index (χ4n) is 2.64. The normalized spacial score (nSPS) is 10.6. The second-order valence-electron chi connectivity index (χ2n) is 5.43. The number of benzene rings is 1. The van der Waals surface area contributed by atoms with Crippen molar-refractivity contribution in [2.45, 2.75) is 26.9 Å². The van der Waals surface area contributed by atoms with Gasteiger partial charge in [-0.3, -0.25) is 4.68 Å². The van der Waals surface area contributed by atoms with Gasteiger partial charge in [0.05, 0.1) is 23.3 Å². The first kappa shape index (κ1) is 18.8. The molecule has 0 amide bonds. The molecule has 1 aromatic carbocycles. The van der Waals surface area contributed by atoms with E-state index in [-0.39, 0.29) is 11.6 Å². The Morgan fingerprint density at radius 2 is 1.85 bits per heavy atom. The highest BCUT2D eigenvalue weighted by Gasteiger charge is 2.18. The van der Waals surface area contributed by atoms with Gasteiger partial charge in [0.15, 0.2) is 5.65 Å². The molecule has 0 fully saturated rings. The zero-order valence-electron chi connectivity index (χ0n) is 15.1. The quantitative estimate of drug-likeness (QED) is 0.537. The van der Waals surface area contributed by atoms with Crippen molar-refractivity contribution in [3.05, 3.63) is 63.7 Å². The summed E-state index contributed by atoms with van der Waals surface area (Å²) in [5, 5.41) is 8.54. The zero-order valence-corrected chi connectivity index (χ0v) is 16.7. The van der Waals surface area contributed by atoms with Crippen molar-refractivity contribution in [1.29, 1.82) is 0 Å². The largest absolute Gasteiger partial charge is 0.369 e. The van der Waals surface area contributed by atoms with Gasteiger partial charge in [0, 0.05) is 18.0 Å². The summed E-state index contributed by atoms with van der Waals surface area (Å²) in [5.41, 5.74) is 7.68. The molecule has 8 nitrogen and oxygen atoms in total. The Kier molecular flexibility index (Phi) is 5.70. The minimum absolute atomic E-state index is 0.104. The van der Waals surface area contributed by atoms with Crippen LogP contribution >= 0.6 is 15.9 Å². The molecule has 0 radical (unpaired) electrons. The summed E-state index contributed by atoms with van der Waals surface area (Å²) in [4.78, 5) is 17.0. The van der Waals surface area contributed by atoms with E-state index in [1.165, 1.54) is 9.08 Å². The third-order valence-corrected chi connectivity index (χ3v) is 4.58. The van der Waals surface area contributed by atoms with Gasteiger partial charge in [-0.15, -0.1) is 5.10 Å². The van der Waals surface area contributed by atoms with E-state index in [4.69, 9.17) is 5.73 Å². The van der Waals surface area contributed by atoms with Crippen molar-refractivity contribution in [3.8, 4) is 11.3 Å². The van der Waals surface area contributed by atoms with Crippen LogP contribution in [-0.4, -0.2) is 28.9 Å². The Bertz CT molecular complexity index is 1080. The highest BCUT2D eigenvalue weighted by molar-refractivity contribution is 9.10. The van der Waals surface area contributed by atoms with Gasteiger partial charge in [-0.2, -0.15) is 5.10 Å². The first-order chi connectivity index (χ1) is 13.1. The van der Waals surface area contributed by atoms with Crippen LogP contribution in [0.1, 0.15) is 13.8 Å². The number of anilines is 1. The maximum absolute atomic E-state index is 12.6. The van der Waals surface area contributed by atoms with E-state index in [2.05, 4.69) is 31.1 Å². The van der Waals surface area contributed by atoms with E-state index in [0.29, 0.717) is 28.9 Å². The molecular weight excluding hydrogens is 410 g/mol. The van der Waals surface area contributed by atoms with Crippen LogP contribution in [-0.2, 0) is 13.1 Å². The van der Waals surface area contributed by atoms with Crippen molar-refractivity contribution >= 4 is 27.5 Å². The summed E-state index contributed by atoms with van der Waals surface area (Å²) in [6, 6.07) is 11.4. The molecule has 0 spiro atoms. The third-order valence-electron chi connectivity index (χ3n) is 3.85.